The number of thiocarbonyl (C=S) groups is 1. The summed E-state index contributed by atoms with van der Waals surface area (Å²) in [4.78, 5) is 26.9. The van der Waals surface area contributed by atoms with Crippen LogP contribution in [0.4, 0.5) is 5.69 Å². The van der Waals surface area contributed by atoms with E-state index in [9.17, 15) is 9.59 Å². The third-order valence-electron chi connectivity index (χ3n) is 3.97. The van der Waals surface area contributed by atoms with Gasteiger partial charge in [0.2, 0.25) is 5.91 Å². The Labute approximate surface area is 181 Å². The zero-order valence-corrected chi connectivity index (χ0v) is 18.2. The van der Waals surface area contributed by atoms with Crippen LogP contribution in [0.5, 0.6) is 5.75 Å². The maximum Gasteiger partial charge on any atom is 0.266 e. The smallest absolute Gasteiger partial charge is 0.266 e. The maximum atomic E-state index is 12.7. The molecule has 2 amide bonds. The molecule has 2 aromatic carbocycles. The highest BCUT2D eigenvalue weighted by Gasteiger charge is 2.32. The number of benzene rings is 2. The standard InChI is InChI=1S/C20H17BrN2O3S2/c1-26-16-8-3-2-5-13(16)11-17-19(25)23(20(27)28-17)10-9-18(24)22-15-7-4-6-14(21)12-15/h2-8,11-12H,9-10H2,1H3,(H,22,24)/b17-11-. The number of rotatable bonds is 6. The molecular weight excluding hydrogens is 460 g/mol. The summed E-state index contributed by atoms with van der Waals surface area (Å²) in [7, 11) is 1.59. The van der Waals surface area contributed by atoms with Gasteiger partial charge in [0.1, 0.15) is 10.1 Å². The lowest BCUT2D eigenvalue weighted by Crippen LogP contribution is -2.31. The zero-order valence-electron chi connectivity index (χ0n) is 15.0. The molecule has 0 aliphatic carbocycles. The largest absolute Gasteiger partial charge is 0.496 e. The van der Waals surface area contributed by atoms with E-state index in [1.165, 1.54) is 16.7 Å². The highest BCUT2D eigenvalue weighted by molar-refractivity contribution is 9.10. The molecule has 28 heavy (non-hydrogen) atoms. The van der Waals surface area contributed by atoms with E-state index in [-0.39, 0.29) is 24.8 Å². The Kier molecular flexibility index (Phi) is 6.88. The van der Waals surface area contributed by atoms with Crippen LogP contribution in [0.2, 0.25) is 0 Å². The Balaban J connectivity index is 1.64. The number of methoxy groups -OCH3 is 1. The predicted molar refractivity (Wildman–Crippen MR) is 120 cm³/mol. The summed E-state index contributed by atoms with van der Waals surface area (Å²) in [6.45, 7) is 0.230. The molecule has 1 saturated heterocycles. The molecule has 0 atom stereocenters. The molecule has 1 heterocycles. The van der Waals surface area contributed by atoms with E-state index >= 15 is 0 Å². The molecule has 0 spiro atoms. The molecule has 0 bridgehead atoms. The molecule has 0 radical (unpaired) electrons. The summed E-state index contributed by atoms with van der Waals surface area (Å²) in [6, 6.07) is 14.8. The number of thioether (sulfide) groups is 1. The maximum absolute atomic E-state index is 12.7. The van der Waals surface area contributed by atoms with Crippen molar-refractivity contribution in [3.63, 3.8) is 0 Å². The second-order valence-corrected chi connectivity index (χ2v) is 8.48. The van der Waals surface area contributed by atoms with Gasteiger partial charge in [0, 0.05) is 28.7 Å². The third kappa shape index (κ3) is 5.01. The second-order valence-electron chi connectivity index (χ2n) is 5.88. The number of ether oxygens (including phenoxy) is 1. The third-order valence-corrected chi connectivity index (χ3v) is 5.84. The van der Waals surface area contributed by atoms with Crippen molar-refractivity contribution in [3.8, 4) is 5.75 Å². The SMILES string of the molecule is COc1ccccc1/C=C1\SC(=S)N(CCC(=O)Nc2cccc(Br)c2)C1=O. The van der Waals surface area contributed by atoms with Gasteiger partial charge < -0.3 is 10.1 Å². The van der Waals surface area contributed by atoms with Crippen molar-refractivity contribution in [2.45, 2.75) is 6.42 Å². The first kappa shape index (κ1) is 20.6. The fourth-order valence-electron chi connectivity index (χ4n) is 2.62. The van der Waals surface area contributed by atoms with Gasteiger partial charge >= 0.3 is 0 Å². The lowest BCUT2D eigenvalue weighted by atomic mass is 10.2. The predicted octanol–water partition coefficient (Wildman–Crippen LogP) is 4.69. The van der Waals surface area contributed by atoms with Crippen LogP contribution in [0.25, 0.3) is 6.08 Å². The van der Waals surface area contributed by atoms with E-state index in [0.29, 0.717) is 20.7 Å². The summed E-state index contributed by atoms with van der Waals surface area (Å²) in [5.74, 6) is 0.304. The van der Waals surface area contributed by atoms with Crippen LogP contribution >= 0.6 is 39.9 Å². The normalized spacial score (nSPS) is 15.2. The highest BCUT2D eigenvalue weighted by Crippen LogP contribution is 2.34. The monoisotopic (exact) mass is 476 g/mol. The van der Waals surface area contributed by atoms with Crippen molar-refractivity contribution in [1.82, 2.24) is 4.90 Å². The van der Waals surface area contributed by atoms with Gasteiger partial charge in [0.25, 0.3) is 5.91 Å². The van der Waals surface area contributed by atoms with Gasteiger partial charge in [-0.2, -0.15) is 0 Å². The Morgan fingerprint density at radius 1 is 1.29 bits per heavy atom. The Morgan fingerprint density at radius 3 is 2.82 bits per heavy atom. The van der Waals surface area contributed by atoms with Gasteiger partial charge in [0.05, 0.1) is 12.0 Å². The number of amides is 2. The number of hydrogen-bond acceptors (Lipinski definition) is 5. The summed E-state index contributed by atoms with van der Waals surface area (Å²) >= 11 is 9.92. The number of nitrogens with one attached hydrogen (secondary N) is 1. The zero-order chi connectivity index (χ0) is 20.1. The fraction of sp³-hybridized carbons (Fsp3) is 0.150. The molecule has 0 saturated carbocycles. The molecular formula is C20H17BrN2O3S2. The molecule has 0 unspecified atom stereocenters. The van der Waals surface area contributed by atoms with Gasteiger partial charge in [-0.3, -0.25) is 14.5 Å². The Morgan fingerprint density at radius 2 is 2.07 bits per heavy atom. The summed E-state index contributed by atoms with van der Waals surface area (Å²) < 4.78 is 6.64. The lowest BCUT2D eigenvalue weighted by Gasteiger charge is -2.14. The molecule has 1 aliphatic rings. The first-order valence-electron chi connectivity index (χ1n) is 8.42. The van der Waals surface area contributed by atoms with Crippen LogP contribution in [-0.2, 0) is 9.59 Å². The average molecular weight is 477 g/mol. The molecule has 1 N–H and O–H groups in total. The van der Waals surface area contributed by atoms with E-state index in [4.69, 9.17) is 17.0 Å². The Hall–Kier alpha value is -2.16. The van der Waals surface area contributed by atoms with E-state index < -0.39 is 0 Å². The van der Waals surface area contributed by atoms with Crippen molar-refractivity contribution >= 4 is 67.8 Å². The lowest BCUT2D eigenvalue weighted by molar-refractivity contribution is -0.122. The van der Waals surface area contributed by atoms with Crippen LogP contribution < -0.4 is 10.1 Å². The number of carbonyl (C=O) groups is 2. The summed E-state index contributed by atoms with van der Waals surface area (Å²) in [5, 5.41) is 2.81. The van der Waals surface area contributed by atoms with Crippen molar-refractivity contribution in [3.05, 3.63) is 63.5 Å². The second kappa shape index (κ2) is 9.36. The van der Waals surface area contributed by atoms with Crippen molar-refractivity contribution < 1.29 is 14.3 Å². The van der Waals surface area contributed by atoms with Gasteiger partial charge in [-0.05, 0) is 30.3 Å². The van der Waals surface area contributed by atoms with Crippen LogP contribution in [0.3, 0.4) is 0 Å². The van der Waals surface area contributed by atoms with Crippen LogP contribution in [0.15, 0.2) is 57.9 Å². The van der Waals surface area contributed by atoms with Crippen molar-refractivity contribution in [2.24, 2.45) is 0 Å². The quantitative estimate of drug-likeness (QED) is 0.484. The molecule has 1 fully saturated rings. The van der Waals surface area contributed by atoms with Gasteiger partial charge in [-0.15, -0.1) is 0 Å². The molecule has 5 nitrogen and oxygen atoms in total. The molecule has 2 aromatic rings. The number of para-hydroxylation sites is 1. The van der Waals surface area contributed by atoms with Gasteiger partial charge in [-0.1, -0.05) is 64.2 Å². The number of halogens is 1. The number of anilines is 1. The van der Waals surface area contributed by atoms with E-state index in [1.54, 1.807) is 19.3 Å². The molecule has 3 rings (SSSR count). The molecule has 144 valence electrons. The van der Waals surface area contributed by atoms with E-state index in [2.05, 4.69) is 21.2 Å². The van der Waals surface area contributed by atoms with Crippen molar-refractivity contribution in [1.29, 1.82) is 0 Å². The first-order valence-corrected chi connectivity index (χ1v) is 10.4. The minimum Gasteiger partial charge on any atom is -0.496 e. The van der Waals surface area contributed by atoms with Crippen LogP contribution in [0.1, 0.15) is 12.0 Å². The number of carbonyl (C=O) groups excluding carboxylic acids is 2. The summed E-state index contributed by atoms with van der Waals surface area (Å²) in [6.07, 6.45) is 1.92. The average Bonchev–Trinajstić information content (AvgIpc) is 2.93. The highest BCUT2D eigenvalue weighted by atomic mass is 79.9. The van der Waals surface area contributed by atoms with Crippen LogP contribution in [-0.4, -0.2) is 34.7 Å². The Bertz CT molecular complexity index is 962. The van der Waals surface area contributed by atoms with Gasteiger partial charge in [0.15, 0.2) is 0 Å². The minimum atomic E-state index is -0.198. The topological polar surface area (TPSA) is 58.6 Å². The van der Waals surface area contributed by atoms with Gasteiger partial charge in [-0.25, -0.2) is 0 Å². The number of nitrogens with zero attached hydrogens (tertiary/aromatic N) is 1. The fourth-order valence-corrected chi connectivity index (χ4v) is 4.32. The molecule has 0 aromatic heterocycles. The van der Waals surface area contributed by atoms with Crippen molar-refractivity contribution in [2.75, 3.05) is 19.0 Å². The molecule has 1 aliphatic heterocycles. The van der Waals surface area contributed by atoms with E-state index in [0.717, 1.165) is 10.0 Å². The van der Waals surface area contributed by atoms with E-state index in [1.807, 2.05) is 42.5 Å². The minimum absolute atomic E-state index is 0.154. The van der Waals surface area contributed by atoms with Crippen LogP contribution in [0, 0.1) is 0 Å². The summed E-state index contributed by atoms with van der Waals surface area (Å²) in [5.41, 5.74) is 1.50. The first-order chi connectivity index (χ1) is 13.5. The molecule has 8 heteroatoms. The number of hydrogen-bond donors (Lipinski definition) is 1.